The van der Waals surface area contributed by atoms with Crippen LogP contribution in [0.4, 0.5) is 5.69 Å². The van der Waals surface area contributed by atoms with Gasteiger partial charge in [-0.15, -0.1) is 0 Å². The van der Waals surface area contributed by atoms with Gasteiger partial charge in [-0.25, -0.2) is 8.42 Å². The largest absolute Gasteiger partial charge is 0.269 e. The molecule has 2 aromatic rings. The number of nitro benzene ring substituents is 1. The third-order valence-electron chi connectivity index (χ3n) is 2.98. The molecule has 9 heteroatoms. The molecule has 0 aliphatic carbocycles. The van der Waals surface area contributed by atoms with E-state index < -0.39 is 19.7 Å². The van der Waals surface area contributed by atoms with E-state index in [1.807, 2.05) is 0 Å². The standard InChI is InChI=1S/C15H8Br2N2O4S/c16-11-3-6-14(17)15(8-11)24(22,23)13(9-18)7-10-1-4-12(5-2-10)19(20)21/h1-8H. The Bertz CT molecular complexity index is 978. The first-order valence-corrected chi connectivity index (χ1v) is 9.39. The summed E-state index contributed by atoms with van der Waals surface area (Å²) < 4.78 is 26.2. The van der Waals surface area contributed by atoms with E-state index >= 15 is 0 Å². The van der Waals surface area contributed by atoms with Crippen LogP contribution in [0.2, 0.25) is 0 Å². The lowest BCUT2D eigenvalue weighted by Crippen LogP contribution is -2.04. The number of rotatable bonds is 4. The molecule has 0 aliphatic rings. The highest BCUT2D eigenvalue weighted by molar-refractivity contribution is 9.11. The Morgan fingerprint density at radius 1 is 1.17 bits per heavy atom. The van der Waals surface area contributed by atoms with Crippen LogP contribution in [0, 0.1) is 21.4 Å². The fraction of sp³-hybridized carbons (Fsp3) is 0. The number of nitro groups is 1. The van der Waals surface area contributed by atoms with Crippen LogP contribution in [-0.2, 0) is 9.84 Å². The summed E-state index contributed by atoms with van der Waals surface area (Å²) in [5.74, 6) is 0. The lowest BCUT2D eigenvalue weighted by Gasteiger charge is -2.06. The predicted molar refractivity (Wildman–Crippen MR) is 95.7 cm³/mol. The van der Waals surface area contributed by atoms with Crippen LogP contribution in [0.25, 0.3) is 6.08 Å². The number of hydrogen-bond donors (Lipinski definition) is 0. The summed E-state index contributed by atoms with van der Waals surface area (Å²) in [5, 5.41) is 19.9. The molecule has 0 spiro atoms. The molecule has 0 heterocycles. The van der Waals surface area contributed by atoms with Gasteiger partial charge in [-0.05, 0) is 57.9 Å². The van der Waals surface area contributed by atoms with Gasteiger partial charge in [0.15, 0.2) is 0 Å². The van der Waals surface area contributed by atoms with Crippen molar-refractivity contribution in [3.05, 3.63) is 72.0 Å². The third kappa shape index (κ3) is 3.90. The zero-order valence-corrected chi connectivity index (χ0v) is 15.8. The van der Waals surface area contributed by atoms with E-state index in [0.29, 0.717) is 14.5 Å². The maximum absolute atomic E-state index is 12.7. The molecular weight excluding hydrogens is 464 g/mol. The van der Waals surface area contributed by atoms with Crippen LogP contribution in [0.15, 0.2) is 61.2 Å². The van der Waals surface area contributed by atoms with Crippen molar-refractivity contribution in [2.75, 3.05) is 0 Å². The Morgan fingerprint density at radius 3 is 2.33 bits per heavy atom. The first kappa shape index (κ1) is 18.3. The highest BCUT2D eigenvalue weighted by atomic mass is 79.9. The third-order valence-corrected chi connectivity index (χ3v) is 6.14. The van der Waals surface area contributed by atoms with E-state index in [2.05, 4.69) is 31.9 Å². The SMILES string of the molecule is N#CC(=Cc1ccc([N+](=O)[O-])cc1)S(=O)(=O)c1cc(Br)ccc1Br. The van der Waals surface area contributed by atoms with Crippen molar-refractivity contribution >= 4 is 53.5 Å². The first-order valence-electron chi connectivity index (χ1n) is 6.32. The molecule has 24 heavy (non-hydrogen) atoms. The molecule has 0 aromatic heterocycles. The summed E-state index contributed by atoms with van der Waals surface area (Å²) in [7, 11) is -4.04. The molecule has 2 aromatic carbocycles. The molecule has 0 aliphatic heterocycles. The summed E-state index contributed by atoms with van der Waals surface area (Å²) in [6.45, 7) is 0. The molecule has 6 nitrogen and oxygen atoms in total. The molecular formula is C15H8Br2N2O4S. The fourth-order valence-corrected chi connectivity index (χ4v) is 4.47. The van der Waals surface area contributed by atoms with Crippen molar-refractivity contribution in [2.24, 2.45) is 0 Å². The number of non-ortho nitro benzene ring substituents is 1. The molecule has 0 unspecified atom stereocenters. The molecule has 2 rings (SSSR count). The zero-order chi connectivity index (χ0) is 17.9. The summed E-state index contributed by atoms with van der Waals surface area (Å²) >= 11 is 6.36. The maximum atomic E-state index is 12.7. The van der Waals surface area contributed by atoms with Crippen molar-refractivity contribution in [2.45, 2.75) is 4.90 Å². The summed E-state index contributed by atoms with van der Waals surface area (Å²) in [6.07, 6.45) is 1.17. The van der Waals surface area contributed by atoms with Crippen molar-refractivity contribution in [3.63, 3.8) is 0 Å². The predicted octanol–water partition coefficient (Wildman–Crippen LogP) is 4.46. The quantitative estimate of drug-likeness (QED) is 0.372. The van der Waals surface area contributed by atoms with Crippen molar-refractivity contribution in [3.8, 4) is 6.07 Å². The van der Waals surface area contributed by atoms with Gasteiger partial charge in [-0.2, -0.15) is 5.26 Å². The second-order valence-electron chi connectivity index (χ2n) is 4.55. The Kier molecular flexibility index (Phi) is 5.54. The minimum Gasteiger partial charge on any atom is -0.258 e. The van der Waals surface area contributed by atoms with Crippen LogP contribution in [-0.4, -0.2) is 13.3 Å². The van der Waals surface area contributed by atoms with E-state index in [1.54, 1.807) is 18.2 Å². The van der Waals surface area contributed by atoms with E-state index in [4.69, 9.17) is 0 Å². The minimum absolute atomic E-state index is 0.0495. The molecule has 0 atom stereocenters. The summed E-state index contributed by atoms with van der Waals surface area (Å²) in [6, 6.07) is 11.5. The molecule has 0 N–H and O–H groups in total. The van der Waals surface area contributed by atoms with Crippen LogP contribution in [0.1, 0.15) is 5.56 Å². The van der Waals surface area contributed by atoms with Crippen LogP contribution < -0.4 is 0 Å². The van der Waals surface area contributed by atoms with E-state index in [1.165, 1.54) is 36.4 Å². The van der Waals surface area contributed by atoms with Crippen molar-refractivity contribution in [1.82, 2.24) is 0 Å². The Morgan fingerprint density at radius 2 is 1.79 bits per heavy atom. The lowest BCUT2D eigenvalue weighted by atomic mass is 10.2. The molecule has 0 saturated heterocycles. The van der Waals surface area contributed by atoms with Crippen molar-refractivity contribution < 1.29 is 13.3 Å². The monoisotopic (exact) mass is 470 g/mol. The number of benzene rings is 2. The number of hydrogen-bond acceptors (Lipinski definition) is 5. The highest BCUT2D eigenvalue weighted by Gasteiger charge is 2.24. The molecule has 0 radical (unpaired) electrons. The normalized spacial score (nSPS) is 11.8. The molecule has 0 bridgehead atoms. The minimum atomic E-state index is -4.04. The maximum Gasteiger partial charge on any atom is 0.269 e. The average molecular weight is 472 g/mol. The van der Waals surface area contributed by atoms with Gasteiger partial charge in [0.2, 0.25) is 9.84 Å². The number of sulfone groups is 1. The zero-order valence-electron chi connectivity index (χ0n) is 11.8. The highest BCUT2D eigenvalue weighted by Crippen LogP contribution is 2.30. The van der Waals surface area contributed by atoms with Gasteiger partial charge in [0.1, 0.15) is 11.0 Å². The number of nitriles is 1. The summed E-state index contributed by atoms with van der Waals surface area (Å²) in [5.41, 5.74) is 0.245. The summed E-state index contributed by atoms with van der Waals surface area (Å²) in [4.78, 5) is 9.56. The Hall–Kier alpha value is -2.02. The van der Waals surface area contributed by atoms with Gasteiger partial charge in [0.05, 0.1) is 9.82 Å². The number of nitrogens with zero attached hydrogens (tertiary/aromatic N) is 2. The van der Waals surface area contributed by atoms with Crippen LogP contribution in [0.3, 0.4) is 0 Å². The second-order valence-corrected chi connectivity index (χ2v) is 8.20. The molecule has 0 fully saturated rings. The van der Waals surface area contributed by atoms with Gasteiger partial charge in [-0.1, -0.05) is 15.9 Å². The number of allylic oxidation sites excluding steroid dienone is 1. The van der Waals surface area contributed by atoms with Crippen molar-refractivity contribution in [1.29, 1.82) is 5.26 Å². The molecule has 0 amide bonds. The second kappa shape index (κ2) is 7.25. The molecule has 122 valence electrons. The smallest absolute Gasteiger partial charge is 0.258 e. The Balaban J connectivity index is 2.52. The number of halogens is 2. The lowest BCUT2D eigenvalue weighted by molar-refractivity contribution is -0.384. The molecule has 0 saturated carbocycles. The van der Waals surface area contributed by atoms with Gasteiger partial charge in [-0.3, -0.25) is 10.1 Å². The van der Waals surface area contributed by atoms with E-state index in [-0.39, 0.29) is 10.6 Å². The van der Waals surface area contributed by atoms with Gasteiger partial charge in [0, 0.05) is 21.1 Å². The van der Waals surface area contributed by atoms with E-state index in [9.17, 15) is 23.8 Å². The first-order chi connectivity index (χ1) is 11.3. The van der Waals surface area contributed by atoms with Gasteiger partial charge in [0.25, 0.3) is 5.69 Å². The van der Waals surface area contributed by atoms with E-state index in [0.717, 1.165) is 0 Å². The van der Waals surface area contributed by atoms with Crippen LogP contribution in [0.5, 0.6) is 0 Å². The Labute approximate surface area is 154 Å². The topological polar surface area (TPSA) is 101 Å². The fourth-order valence-electron chi connectivity index (χ4n) is 1.82. The average Bonchev–Trinajstić information content (AvgIpc) is 2.55. The van der Waals surface area contributed by atoms with Crippen LogP contribution >= 0.6 is 31.9 Å². The van der Waals surface area contributed by atoms with Gasteiger partial charge >= 0.3 is 0 Å². The van der Waals surface area contributed by atoms with Gasteiger partial charge < -0.3 is 0 Å².